The molecule has 1 rings (SSSR count). The van der Waals surface area contributed by atoms with E-state index in [1.165, 1.54) is 13.8 Å². The Balaban J connectivity index is 0.000000980. The first-order valence-electron chi connectivity index (χ1n) is 6.38. The van der Waals surface area contributed by atoms with Crippen LogP contribution in [0.5, 0.6) is 0 Å². The number of halogens is 6. The summed E-state index contributed by atoms with van der Waals surface area (Å²) in [5.41, 5.74) is -1.08. The van der Waals surface area contributed by atoms with Crippen LogP contribution in [0.4, 0.5) is 26.3 Å². The quantitative estimate of drug-likeness (QED) is 0.585. The van der Waals surface area contributed by atoms with Gasteiger partial charge >= 0.3 is 20.6 Å². The molecule has 2 N–H and O–H groups in total. The lowest BCUT2D eigenvalue weighted by molar-refractivity contribution is -0.183. The molecule has 1 heterocycles. The summed E-state index contributed by atoms with van der Waals surface area (Å²) in [6.45, 7) is 1.98. The van der Waals surface area contributed by atoms with Gasteiger partial charge in [0.25, 0.3) is 0 Å². The van der Waals surface area contributed by atoms with Gasteiger partial charge in [-0.3, -0.25) is 4.90 Å². The molecule has 4 nitrogen and oxygen atoms in total. The number of hydrogen-bond donors (Lipinski definition) is 2. The Morgan fingerprint density at radius 1 is 1.14 bits per heavy atom. The molecule has 1 aliphatic heterocycles. The van der Waals surface area contributed by atoms with E-state index in [1.54, 1.807) is 0 Å². The van der Waals surface area contributed by atoms with Crippen LogP contribution in [0.15, 0.2) is 0 Å². The monoisotopic (exact) mass is 358 g/mol. The molecule has 1 aliphatic rings. The number of alkyl halides is 6. The van der Waals surface area contributed by atoms with Crippen LogP contribution in [0, 0.1) is 5.92 Å². The molecular formula is C11H19F6NO3P+. The van der Waals surface area contributed by atoms with Crippen LogP contribution in [-0.2, 0) is 4.57 Å². The first-order chi connectivity index (χ1) is 9.65. The molecule has 1 atom stereocenters. The normalized spacial score (nSPS) is 22.7. The second kappa shape index (κ2) is 7.90. The second-order valence-electron chi connectivity index (χ2n) is 5.60. The number of likely N-dealkylation sites (tertiary alicyclic amines) is 1. The van der Waals surface area contributed by atoms with Crippen molar-refractivity contribution < 1.29 is 40.7 Å². The van der Waals surface area contributed by atoms with Gasteiger partial charge in [0, 0.05) is 16.5 Å². The Morgan fingerprint density at radius 3 is 1.95 bits per heavy atom. The SMILES string of the molecule is CC1(C)C(CC(F)(F)F)CCCN1CC(F)(F)F.O=[P+](O)O. The molecule has 11 heteroatoms. The maximum atomic E-state index is 12.4. The van der Waals surface area contributed by atoms with Crippen LogP contribution in [0.3, 0.4) is 0 Å². The van der Waals surface area contributed by atoms with Gasteiger partial charge in [0.1, 0.15) is 0 Å². The smallest absolute Gasteiger partial charge is 0.290 e. The zero-order valence-corrected chi connectivity index (χ0v) is 13.0. The largest absolute Gasteiger partial charge is 0.692 e. The van der Waals surface area contributed by atoms with Gasteiger partial charge in [-0.25, -0.2) is 0 Å². The van der Waals surface area contributed by atoms with Crippen molar-refractivity contribution in [3.8, 4) is 0 Å². The predicted molar refractivity (Wildman–Crippen MR) is 67.1 cm³/mol. The molecule has 0 aliphatic carbocycles. The average molecular weight is 358 g/mol. The molecule has 1 unspecified atom stereocenters. The molecule has 1 saturated heterocycles. The number of hydrogen-bond acceptors (Lipinski definition) is 2. The zero-order chi connectivity index (χ0) is 17.8. The lowest BCUT2D eigenvalue weighted by atomic mass is 9.77. The summed E-state index contributed by atoms with van der Waals surface area (Å²) in [6.07, 6.45) is -9.03. The molecule has 0 aromatic rings. The summed E-state index contributed by atoms with van der Waals surface area (Å²) in [4.78, 5) is 15.4. The molecule has 0 radical (unpaired) electrons. The molecule has 1 fully saturated rings. The van der Waals surface area contributed by atoms with E-state index in [2.05, 4.69) is 0 Å². The number of piperidine rings is 1. The lowest BCUT2D eigenvalue weighted by Gasteiger charge is -2.48. The van der Waals surface area contributed by atoms with Crippen LogP contribution in [-0.4, -0.2) is 45.7 Å². The van der Waals surface area contributed by atoms with E-state index in [-0.39, 0.29) is 6.54 Å². The summed E-state index contributed by atoms with van der Waals surface area (Å²) in [7, 11) is -2.87. The molecule has 0 spiro atoms. The third-order valence-corrected chi connectivity index (χ3v) is 3.64. The standard InChI is InChI=1S/C11H17F6N.HO3P/c1-9(2)8(6-10(12,13)14)4-3-5-18(9)7-11(15,16)17;1-4(2)3/h8H,3-7H2,1-2H3;(H-,1,2,3)/p+1. The third-order valence-electron chi connectivity index (χ3n) is 3.64. The van der Waals surface area contributed by atoms with Gasteiger partial charge in [0.2, 0.25) is 0 Å². The van der Waals surface area contributed by atoms with Crippen molar-refractivity contribution in [2.75, 3.05) is 13.1 Å². The van der Waals surface area contributed by atoms with Crippen LogP contribution in [0.25, 0.3) is 0 Å². The highest BCUT2D eigenvalue weighted by Gasteiger charge is 2.47. The Morgan fingerprint density at radius 2 is 1.59 bits per heavy atom. The summed E-state index contributed by atoms with van der Waals surface area (Å²) >= 11 is 0. The van der Waals surface area contributed by atoms with Crippen molar-refractivity contribution >= 4 is 8.25 Å². The van der Waals surface area contributed by atoms with Crippen LogP contribution in [0.2, 0.25) is 0 Å². The minimum absolute atomic E-state index is 0.195. The first kappa shape index (κ1) is 21.6. The fraction of sp³-hybridized carbons (Fsp3) is 1.00. The van der Waals surface area contributed by atoms with E-state index >= 15 is 0 Å². The van der Waals surface area contributed by atoms with Crippen LogP contribution >= 0.6 is 8.25 Å². The third kappa shape index (κ3) is 8.87. The van der Waals surface area contributed by atoms with Crippen molar-refractivity contribution in [1.29, 1.82) is 0 Å². The van der Waals surface area contributed by atoms with Crippen molar-refractivity contribution in [3.05, 3.63) is 0 Å². The van der Waals surface area contributed by atoms with Gasteiger partial charge in [-0.1, -0.05) is 0 Å². The van der Waals surface area contributed by atoms with Crippen molar-refractivity contribution in [3.63, 3.8) is 0 Å². The molecule has 0 aromatic carbocycles. The average Bonchev–Trinajstić information content (AvgIpc) is 2.20. The molecule has 132 valence electrons. The summed E-state index contributed by atoms with van der Waals surface area (Å²) < 4.78 is 83.1. The van der Waals surface area contributed by atoms with E-state index in [4.69, 9.17) is 14.4 Å². The van der Waals surface area contributed by atoms with E-state index < -0.39 is 45.0 Å². The summed E-state index contributed by atoms with van der Waals surface area (Å²) in [5, 5.41) is 0. The second-order valence-corrected chi connectivity index (χ2v) is 6.11. The summed E-state index contributed by atoms with van der Waals surface area (Å²) in [5.74, 6) is -0.784. The van der Waals surface area contributed by atoms with Crippen molar-refractivity contribution in [2.24, 2.45) is 5.92 Å². The Labute approximate surface area is 125 Å². The Kier molecular flexibility index (Phi) is 7.74. The minimum Gasteiger partial charge on any atom is -0.290 e. The molecule has 0 saturated carbocycles. The number of rotatable bonds is 2. The van der Waals surface area contributed by atoms with E-state index in [1.807, 2.05) is 0 Å². The lowest BCUT2D eigenvalue weighted by Crippen LogP contribution is -2.56. The van der Waals surface area contributed by atoms with Gasteiger partial charge in [-0.2, -0.15) is 26.3 Å². The Hall–Kier alpha value is -0.440. The first-order valence-corrected chi connectivity index (χ1v) is 7.55. The topological polar surface area (TPSA) is 60.8 Å². The fourth-order valence-corrected chi connectivity index (χ4v) is 2.56. The fourth-order valence-electron chi connectivity index (χ4n) is 2.56. The highest BCUT2D eigenvalue weighted by molar-refractivity contribution is 7.30. The molecule has 0 bridgehead atoms. The van der Waals surface area contributed by atoms with Crippen molar-refractivity contribution in [1.82, 2.24) is 4.90 Å². The molecular weight excluding hydrogens is 339 g/mol. The van der Waals surface area contributed by atoms with Gasteiger partial charge in [-0.15, -0.1) is 9.79 Å². The van der Waals surface area contributed by atoms with Gasteiger partial charge in [-0.05, 0) is 39.2 Å². The highest BCUT2D eigenvalue weighted by atomic mass is 31.1. The van der Waals surface area contributed by atoms with E-state index in [9.17, 15) is 26.3 Å². The van der Waals surface area contributed by atoms with Crippen LogP contribution in [0.1, 0.15) is 33.1 Å². The van der Waals surface area contributed by atoms with Gasteiger partial charge in [0.05, 0.1) is 6.54 Å². The number of nitrogens with zero attached hydrogens (tertiary/aromatic N) is 1. The molecule has 0 aromatic heterocycles. The summed E-state index contributed by atoms with van der Waals surface area (Å²) in [6, 6.07) is 0. The van der Waals surface area contributed by atoms with Crippen molar-refractivity contribution in [2.45, 2.75) is 51.0 Å². The van der Waals surface area contributed by atoms with Gasteiger partial charge < -0.3 is 0 Å². The molecule has 0 amide bonds. The zero-order valence-electron chi connectivity index (χ0n) is 12.1. The Bertz CT molecular complexity index is 342. The maximum absolute atomic E-state index is 12.4. The maximum Gasteiger partial charge on any atom is 0.692 e. The minimum atomic E-state index is -4.38. The van der Waals surface area contributed by atoms with E-state index in [0.29, 0.717) is 12.8 Å². The predicted octanol–water partition coefficient (Wildman–Crippen LogP) is 3.62. The molecule has 22 heavy (non-hydrogen) atoms. The highest BCUT2D eigenvalue weighted by Crippen LogP contribution is 2.41. The van der Waals surface area contributed by atoms with E-state index in [0.717, 1.165) is 4.90 Å². The van der Waals surface area contributed by atoms with Crippen LogP contribution < -0.4 is 0 Å². The van der Waals surface area contributed by atoms with Gasteiger partial charge in [0.15, 0.2) is 0 Å².